The zero-order valence-corrected chi connectivity index (χ0v) is 29.0. The molecule has 0 fully saturated rings. The van der Waals surface area contributed by atoms with E-state index in [1.807, 2.05) is 91.0 Å². The van der Waals surface area contributed by atoms with Crippen LogP contribution in [0.2, 0.25) is 0 Å². The summed E-state index contributed by atoms with van der Waals surface area (Å²) in [7, 11) is 1.65. The molecule has 0 aliphatic rings. The molecule has 49 heavy (non-hydrogen) atoms. The molecule has 7 nitrogen and oxygen atoms in total. The maximum absolute atomic E-state index is 12.5. The number of hydrogen-bond acceptors (Lipinski definition) is 7. The molecule has 5 aromatic carbocycles. The summed E-state index contributed by atoms with van der Waals surface area (Å²) >= 11 is 0. The van der Waals surface area contributed by atoms with Crippen molar-refractivity contribution in [3.63, 3.8) is 0 Å². The summed E-state index contributed by atoms with van der Waals surface area (Å²) in [6.45, 7) is 11.4. The van der Waals surface area contributed by atoms with Gasteiger partial charge < -0.3 is 18.9 Å². The third-order valence-electron chi connectivity index (χ3n) is 8.38. The Labute approximate surface area is 288 Å². The highest BCUT2D eigenvalue weighted by Crippen LogP contribution is 2.35. The Bertz CT molecular complexity index is 1840. The third kappa shape index (κ3) is 9.67. The number of Topliss-reactive ketones (excluding diaryl/α,β-unsaturated/α-hetero) is 1. The molecule has 0 saturated carbocycles. The summed E-state index contributed by atoms with van der Waals surface area (Å²) in [5.41, 5.74) is 4.51. The minimum Gasteiger partial charge on any atom is -0.497 e. The highest BCUT2D eigenvalue weighted by atomic mass is 16.7. The van der Waals surface area contributed by atoms with Crippen LogP contribution >= 0.6 is 0 Å². The van der Waals surface area contributed by atoms with E-state index < -0.39 is 6.16 Å². The highest BCUT2D eigenvalue weighted by molar-refractivity contribution is 5.93. The lowest BCUT2D eigenvalue weighted by Gasteiger charge is -2.26. The van der Waals surface area contributed by atoms with Crippen molar-refractivity contribution in [3.05, 3.63) is 155 Å². The fourth-order valence-electron chi connectivity index (χ4n) is 5.21. The lowest BCUT2D eigenvalue weighted by Crippen LogP contribution is -2.19. The molecule has 0 spiro atoms. The number of benzene rings is 5. The Morgan fingerprint density at radius 3 is 1.06 bits per heavy atom. The largest absolute Gasteiger partial charge is 0.519 e. The molecule has 0 bridgehead atoms. The number of ether oxygens (including phenoxy) is 4. The summed E-state index contributed by atoms with van der Waals surface area (Å²) in [4.78, 5) is 34.3. The van der Waals surface area contributed by atoms with Crippen molar-refractivity contribution in [1.82, 2.24) is 0 Å². The van der Waals surface area contributed by atoms with Gasteiger partial charge in [-0.05, 0) is 77.7 Å². The van der Waals surface area contributed by atoms with Gasteiger partial charge in [-0.3, -0.25) is 9.59 Å². The Hall–Kier alpha value is -5.69. The quantitative estimate of drug-likeness (QED) is 0.0674. The fourth-order valence-corrected chi connectivity index (χ4v) is 5.21. The molecule has 0 radical (unpaired) electrons. The van der Waals surface area contributed by atoms with Crippen LogP contribution in [0.3, 0.4) is 0 Å². The maximum Gasteiger partial charge on any atom is 0.519 e. The summed E-state index contributed by atoms with van der Waals surface area (Å²) < 4.78 is 21.2. The van der Waals surface area contributed by atoms with Crippen molar-refractivity contribution in [3.8, 4) is 23.0 Å². The SMILES string of the molecule is CC(=O)c1ccccc1.COc1ccc(C(C)(C)c2ccc(OC(=O)Oc3ccc(C(C)(C)c4ccc(OC(C)=O)cc4)cc3)cc2)cc1. The van der Waals surface area contributed by atoms with E-state index in [1.54, 1.807) is 50.4 Å². The molecule has 5 rings (SSSR count). The van der Waals surface area contributed by atoms with E-state index >= 15 is 0 Å². The van der Waals surface area contributed by atoms with Crippen LogP contribution in [-0.4, -0.2) is 25.0 Å². The van der Waals surface area contributed by atoms with Gasteiger partial charge in [0.15, 0.2) is 5.78 Å². The van der Waals surface area contributed by atoms with Gasteiger partial charge in [-0.1, -0.05) is 107 Å². The summed E-state index contributed by atoms with van der Waals surface area (Å²) in [6.07, 6.45) is -0.810. The first kappa shape index (κ1) is 36.2. The van der Waals surface area contributed by atoms with Crippen molar-refractivity contribution >= 4 is 17.9 Å². The molecule has 0 aromatic heterocycles. The molecule has 0 aliphatic carbocycles. The molecular weight excluding hydrogens is 616 g/mol. The van der Waals surface area contributed by atoms with E-state index in [9.17, 15) is 14.4 Å². The average Bonchev–Trinajstić information content (AvgIpc) is 3.09. The summed E-state index contributed by atoms with van der Waals surface area (Å²) in [5, 5.41) is 0. The van der Waals surface area contributed by atoms with Gasteiger partial charge in [0.25, 0.3) is 0 Å². The lowest BCUT2D eigenvalue weighted by atomic mass is 9.78. The fraction of sp³-hybridized carbons (Fsp3) is 0.214. The summed E-state index contributed by atoms with van der Waals surface area (Å²) in [6, 6.07) is 39.4. The number of rotatable bonds is 9. The topological polar surface area (TPSA) is 88.1 Å². The molecule has 252 valence electrons. The number of methoxy groups -OCH3 is 1. The Kier molecular flexibility index (Phi) is 11.8. The van der Waals surface area contributed by atoms with E-state index in [2.05, 4.69) is 27.7 Å². The van der Waals surface area contributed by atoms with Gasteiger partial charge in [-0.2, -0.15) is 0 Å². The molecule has 5 aromatic rings. The van der Waals surface area contributed by atoms with Gasteiger partial charge in [-0.25, -0.2) is 4.79 Å². The van der Waals surface area contributed by atoms with Crippen molar-refractivity contribution in [2.45, 2.75) is 52.4 Å². The molecule has 0 heterocycles. The standard InChI is InChI=1S/C34H34O6.C8H8O/c1-23(35)38-29-17-9-25(10-18-29)34(4,5)27-13-21-31(22-14-27)40-32(36)39-30-19-11-26(12-20-30)33(2,3)24-7-15-28(37-6)16-8-24;1-7(9)8-5-3-2-4-6-8/h7-22H,1-6H3;2-6H,1H3. The van der Waals surface area contributed by atoms with Crippen LogP contribution in [0.1, 0.15) is 74.2 Å². The normalized spacial score (nSPS) is 11.0. The van der Waals surface area contributed by atoms with E-state index in [4.69, 9.17) is 18.9 Å². The summed E-state index contributed by atoms with van der Waals surface area (Å²) in [5.74, 6) is 1.86. The molecule has 0 N–H and O–H groups in total. The number of hydrogen-bond donors (Lipinski definition) is 0. The van der Waals surface area contributed by atoms with Crippen LogP contribution < -0.4 is 18.9 Å². The van der Waals surface area contributed by atoms with Crippen molar-refractivity contribution in [1.29, 1.82) is 0 Å². The van der Waals surface area contributed by atoms with Crippen LogP contribution in [0.4, 0.5) is 4.79 Å². The van der Waals surface area contributed by atoms with Crippen LogP contribution in [0.5, 0.6) is 23.0 Å². The number of esters is 1. The smallest absolute Gasteiger partial charge is 0.497 e. The van der Waals surface area contributed by atoms with E-state index in [-0.39, 0.29) is 22.6 Å². The van der Waals surface area contributed by atoms with Gasteiger partial charge >= 0.3 is 12.1 Å². The van der Waals surface area contributed by atoms with Gasteiger partial charge in [0.05, 0.1) is 7.11 Å². The second-order valence-electron chi connectivity index (χ2n) is 12.5. The Morgan fingerprint density at radius 2 is 0.776 bits per heavy atom. The minimum absolute atomic E-state index is 0.121. The Balaban J connectivity index is 0.000000520. The maximum atomic E-state index is 12.5. The second-order valence-corrected chi connectivity index (χ2v) is 12.5. The molecular formula is C42H42O7. The Morgan fingerprint density at radius 1 is 0.449 bits per heavy atom. The van der Waals surface area contributed by atoms with Crippen molar-refractivity contribution in [2.75, 3.05) is 7.11 Å². The molecule has 0 aliphatic heterocycles. The van der Waals surface area contributed by atoms with Crippen molar-refractivity contribution in [2.24, 2.45) is 0 Å². The first-order valence-electron chi connectivity index (χ1n) is 15.9. The van der Waals surface area contributed by atoms with E-state index in [0.29, 0.717) is 17.2 Å². The van der Waals surface area contributed by atoms with Crippen LogP contribution in [0.15, 0.2) is 127 Å². The predicted molar refractivity (Wildman–Crippen MR) is 191 cm³/mol. The average molecular weight is 659 g/mol. The zero-order chi connectivity index (χ0) is 35.6. The number of ketones is 1. The van der Waals surface area contributed by atoms with E-state index in [0.717, 1.165) is 33.6 Å². The highest BCUT2D eigenvalue weighted by Gasteiger charge is 2.25. The molecule has 0 atom stereocenters. The lowest BCUT2D eigenvalue weighted by molar-refractivity contribution is -0.131. The minimum atomic E-state index is -0.810. The van der Waals surface area contributed by atoms with Crippen LogP contribution in [-0.2, 0) is 15.6 Å². The monoisotopic (exact) mass is 658 g/mol. The molecule has 0 saturated heterocycles. The number of carbonyl (C=O) groups excluding carboxylic acids is 3. The third-order valence-corrected chi connectivity index (χ3v) is 8.38. The second kappa shape index (κ2) is 15.9. The van der Waals surface area contributed by atoms with Gasteiger partial charge in [0.1, 0.15) is 23.0 Å². The number of carbonyl (C=O) groups is 3. The molecule has 0 unspecified atom stereocenters. The molecule has 0 amide bonds. The zero-order valence-electron chi connectivity index (χ0n) is 29.0. The van der Waals surface area contributed by atoms with Crippen LogP contribution in [0.25, 0.3) is 0 Å². The van der Waals surface area contributed by atoms with Gasteiger partial charge in [0.2, 0.25) is 0 Å². The first-order valence-corrected chi connectivity index (χ1v) is 15.9. The van der Waals surface area contributed by atoms with Crippen LogP contribution in [0, 0.1) is 0 Å². The van der Waals surface area contributed by atoms with E-state index in [1.165, 1.54) is 6.92 Å². The predicted octanol–water partition coefficient (Wildman–Crippen LogP) is 9.74. The molecule has 7 heteroatoms. The van der Waals surface area contributed by atoms with Crippen molar-refractivity contribution < 1.29 is 33.3 Å². The first-order chi connectivity index (χ1) is 23.3. The van der Waals surface area contributed by atoms with Gasteiger partial charge in [-0.15, -0.1) is 0 Å². The van der Waals surface area contributed by atoms with Gasteiger partial charge in [0, 0.05) is 23.3 Å².